The number of nitrogens with zero attached hydrogens (tertiary/aromatic N) is 3. The number of aryl methyl sites for hydroxylation is 2. The third-order valence-corrected chi connectivity index (χ3v) is 6.96. The predicted octanol–water partition coefficient (Wildman–Crippen LogP) is 5.02. The first-order valence-corrected chi connectivity index (χ1v) is 11.5. The number of fused-ring (bicyclic) bond motifs is 4. The molecule has 6 rings (SSSR count). The quantitative estimate of drug-likeness (QED) is 0.491. The summed E-state index contributed by atoms with van der Waals surface area (Å²) >= 11 is 1.81. The molecule has 1 aliphatic carbocycles. The van der Waals surface area contributed by atoms with Crippen LogP contribution in [0.4, 0.5) is 5.82 Å². The molecule has 0 unspecified atom stereocenters. The van der Waals surface area contributed by atoms with Crippen molar-refractivity contribution < 1.29 is 9.47 Å². The Morgan fingerprint density at radius 3 is 2.77 bits per heavy atom. The molecule has 2 aliphatic rings. The van der Waals surface area contributed by atoms with Gasteiger partial charge in [-0.25, -0.2) is 9.97 Å². The first-order chi connectivity index (χ1) is 15.3. The zero-order valence-corrected chi connectivity index (χ0v) is 17.9. The first kappa shape index (κ1) is 18.6. The van der Waals surface area contributed by atoms with Gasteiger partial charge in [-0.2, -0.15) is 0 Å². The summed E-state index contributed by atoms with van der Waals surface area (Å²) in [6.45, 7) is 1.84. The second kappa shape index (κ2) is 7.81. The fourth-order valence-electron chi connectivity index (χ4n) is 4.28. The maximum atomic E-state index is 5.74. The number of hydrogen-bond acceptors (Lipinski definition) is 7. The summed E-state index contributed by atoms with van der Waals surface area (Å²) in [5, 5.41) is 4.77. The molecule has 1 aliphatic heterocycles. The molecule has 0 bridgehead atoms. The Morgan fingerprint density at radius 2 is 1.87 bits per heavy atom. The molecule has 0 fully saturated rings. The predicted molar refractivity (Wildman–Crippen MR) is 122 cm³/mol. The Balaban J connectivity index is 1.39. The Morgan fingerprint density at radius 1 is 0.968 bits per heavy atom. The lowest BCUT2D eigenvalue weighted by molar-refractivity contribution is 0.171. The van der Waals surface area contributed by atoms with Gasteiger partial charge in [-0.05, 0) is 61.1 Å². The molecule has 0 saturated heterocycles. The van der Waals surface area contributed by atoms with Crippen LogP contribution in [0.25, 0.3) is 21.7 Å². The van der Waals surface area contributed by atoms with Crippen molar-refractivity contribution in [3.8, 4) is 23.0 Å². The summed E-state index contributed by atoms with van der Waals surface area (Å²) in [6, 6.07) is 11.9. The molecule has 4 heterocycles. The van der Waals surface area contributed by atoms with Crippen LogP contribution in [-0.2, 0) is 19.4 Å². The first-order valence-electron chi connectivity index (χ1n) is 10.7. The van der Waals surface area contributed by atoms with Crippen molar-refractivity contribution in [2.24, 2.45) is 0 Å². The van der Waals surface area contributed by atoms with Crippen LogP contribution < -0.4 is 14.8 Å². The largest absolute Gasteiger partial charge is 0.486 e. The van der Waals surface area contributed by atoms with E-state index < -0.39 is 0 Å². The average Bonchev–Trinajstić information content (AvgIpc) is 3.21. The summed E-state index contributed by atoms with van der Waals surface area (Å²) in [5.41, 5.74) is 3.33. The third kappa shape index (κ3) is 3.49. The summed E-state index contributed by atoms with van der Waals surface area (Å²) in [5.74, 6) is 3.17. The Bertz CT molecular complexity index is 1260. The van der Waals surface area contributed by atoms with Gasteiger partial charge >= 0.3 is 0 Å². The van der Waals surface area contributed by atoms with Gasteiger partial charge in [-0.15, -0.1) is 11.3 Å². The topological polar surface area (TPSA) is 69.2 Å². The molecule has 156 valence electrons. The van der Waals surface area contributed by atoms with Gasteiger partial charge in [0.05, 0.1) is 5.39 Å². The molecule has 0 radical (unpaired) electrons. The van der Waals surface area contributed by atoms with Crippen molar-refractivity contribution in [1.82, 2.24) is 15.0 Å². The van der Waals surface area contributed by atoms with Crippen molar-refractivity contribution in [1.29, 1.82) is 0 Å². The van der Waals surface area contributed by atoms with Crippen LogP contribution in [0.3, 0.4) is 0 Å². The number of rotatable bonds is 4. The Hall–Kier alpha value is -3.19. The highest BCUT2D eigenvalue weighted by Gasteiger charge is 2.22. The minimum Gasteiger partial charge on any atom is -0.486 e. The van der Waals surface area contributed by atoms with Gasteiger partial charge in [0.2, 0.25) is 0 Å². The third-order valence-electron chi connectivity index (χ3n) is 5.78. The molecule has 3 aromatic heterocycles. The maximum absolute atomic E-state index is 5.74. The molecule has 6 nitrogen and oxygen atoms in total. The van der Waals surface area contributed by atoms with E-state index in [9.17, 15) is 0 Å². The van der Waals surface area contributed by atoms with Gasteiger partial charge in [-0.3, -0.25) is 4.98 Å². The van der Waals surface area contributed by atoms with Gasteiger partial charge < -0.3 is 14.8 Å². The number of pyridine rings is 1. The molecule has 1 aromatic carbocycles. The van der Waals surface area contributed by atoms with Crippen molar-refractivity contribution in [2.45, 2.75) is 32.2 Å². The minimum absolute atomic E-state index is 0.588. The highest BCUT2D eigenvalue weighted by molar-refractivity contribution is 7.19. The normalized spacial score (nSPS) is 15.0. The van der Waals surface area contributed by atoms with Gasteiger partial charge in [0, 0.05) is 17.6 Å². The Labute approximate surface area is 184 Å². The number of benzene rings is 1. The van der Waals surface area contributed by atoms with Crippen molar-refractivity contribution in [2.75, 3.05) is 18.5 Å². The van der Waals surface area contributed by atoms with E-state index in [2.05, 4.69) is 16.4 Å². The summed E-state index contributed by atoms with van der Waals surface area (Å²) < 4.78 is 11.4. The zero-order valence-electron chi connectivity index (χ0n) is 17.1. The summed E-state index contributed by atoms with van der Waals surface area (Å²) in [4.78, 5) is 16.8. The number of ether oxygens (including phenoxy) is 2. The van der Waals surface area contributed by atoms with E-state index in [4.69, 9.17) is 19.4 Å². The van der Waals surface area contributed by atoms with E-state index in [0.717, 1.165) is 46.2 Å². The fourth-order valence-corrected chi connectivity index (χ4v) is 5.54. The molecule has 7 heteroatoms. The van der Waals surface area contributed by atoms with E-state index in [1.54, 1.807) is 6.20 Å². The van der Waals surface area contributed by atoms with Crippen molar-refractivity contribution in [3.05, 3.63) is 58.6 Å². The molecule has 31 heavy (non-hydrogen) atoms. The number of hydrogen-bond donors (Lipinski definition) is 1. The van der Waals surface area contributed by atoms with Crippen LogP contribution in [0.5, 0.6) is 11.5 Å². The average molecular weight is 431 g/mol. The maximum Gasteiger partial charge on any atom is 0.181 e. The number of anilines is 1. The van der Waals surface area contributed by atoms with Crippen molar-refractivity contribution >= 4 is 27.4 Å². The molecule has 4 aromatic rings. The van der Waals surface area contributed by atoms with Crippen LogP contribution in [0.1, 0.15) is 28.8 Å². The van der Waals surface area contributed by atoms with E-state index in [1.807, 2.05) is 41.7 Å². The number of thiophene rings is 1. The minimum atomic E-state index is 0.588. The molecule has 0 atom stereocenters. The van der Waals surface area contributed by atoms with Crippen LogP contribution in [0.15, 0.2) is 42.6 Å². The monoisotopic (exact) mass is 430 g/mol. The molecule has 0 saturated carbocycles. The lowest BCUT2D eigenvalue weighted by Gasteiger charge is -2.19. The van der Waals surface area contributed by atoms with Gasteiger partial charge in [0.25, 0.3) is 0 Å². The summed E-state index contributed by atoms with van der Waals surface area (Å²) in [6.07, 6.45) is 6.49. The molecule has 1 N–H and O–H groups in total. The van der Waals surface area contributed by atoms with Crippen LogP contribution in [-0.4, -0.2) is 28.2 Å². The lowest BCUT2D eigenvalue weighted by atomic mass is 9.97. The van der Waals surface area contributed by atoms with Crippen LogP contribution >= 0.6 is 11.3 Å². The zero-order chi connectivity index (χ0) is 20.6. The fraction of sp³-hybridized carbons (Fsp3) is 0.292. The van der Waals surface area contributed by atoms with Crippen LogP contribution in [0, 0.1) is 0 Å². The second-order valence-electron chi connectivity index (χ2n) is 7.83. The van der Waals surface area contributed by atoms with E-state index in [0.29, 0.717) is 25.6 Å². The van der Waals surface area contributed by atoms with Gasteiger partial charge in [0.15, 0.2) is 17.3 Å². The SMILES string of the molecule is c1ccc(-c2nc(NCc3ccc4c(c3)OCCO4)c3c4c(sc3n2)CCCC4)nc1. The van der Waals surface area contributed by atoms with Gasteiger partial charge in [-0.1, -0.05) is 12.1 Å². The molecule has 0 amide bonds. The smallest absolute Gasteiger partial charge is 0.181 e. The number of nitrogens with one attached hydrogen (secondary N) is 1. The van der Waals surface area contributed by atoms with E-state index >= 15 is 0 Å². The van der Waals surface area contributed by atoms with E-state index in [1.165, 1.54) is 28.7 Å². The highest BCUT2D eigenvalue weighted by atomic mass is 32.1. The van der Waals surface area contributed by atoms with Gasteiger partial charge in [0.1, 0.15) is 29.6 Å². The number of aromatic nitrogens is 3. The highest BCUT2D eigenvalue weighted by Crippen LogP contribution is 2.40. The molecular formula is C24H22N4O2S. The molecular weight excluding hydrogens is 408 g/mol. The second-order valence-corrected chi connectivity index (χ2v) is 8.92. The summed E-state index contributed by atoms with van der Waals surface area (Å²) in [7, 11) is 0. The molecule has 0 spiro atoms. The lowest BCUT2D eigenvalue weighted by Crippen LogP contribution is -2.15. The van der Waals surface area contributed by atoms with Crippen molar-refractivity contribution in [3.63, 3.8) is 0 Å². The Kier molecular flexibility index (Phi) is 4.68. The standard InChI is InChI=1S/C24H22N4O2S/c1-2-7-20-16(5-1)21-23(26-14-15-8-9-18-19(13-15)30-12-11-29-18)27-22(28-24(21)31-20)17-6-3-4-10-25-17/h3-4,6,8-10,13H,1-2,5,7,11-12,14H2,(H,26,27,28). The van der Waals surface area contributed by atoms with E-state index in [-0.39, 0.29) is 0 Å². The van der Waals surface area contributed by atoms with Crippen LogP contribution in [0.2, 0.25) is 0 Å².